The van der Waals surface area contributed by atoms with Crippen LogP contribution in [0.2, 0.25) is 0 Å². The van der Waals surface area contributed by atoms with E-state index in [0.717, 1.165) is 89.5 Å². The number of hydrogen-bond donors (Lipinski definition) is 2. The molecule has 4 aliphatic rings. The van der Waals surface area contributed by atoms with Crippen molar-refractivity contribution >= 4 is 54.4 Å². The molecule has 2 N–H and O–H groups in total. The van der Waals surface area contributed by atoms with Crippen LogP contribution in [0.3, 0.4) is 0 Å². The summed E-state index contributed by atoms with van der Waals surface area (Å²) in [6, 6.07) is 9.90. The van der Waals surface area contributed by atoms with E-state index in [1.54, 1.807) is 12.1 Å². The number of ether oxygens (including phenoxy) is 2. The molecule has 1 unspecified atom stereocenters. The van der Waals surface area contributed by atoms with Gasteiger partial charge < -0.3 is 19.7 Å². The highest BCUT2D eigenvalue weighted by Crippen LogP contribution is 2.35. The van der Waals surface area contributed by atoms with Gasteiger partial charge in [-0.15, -0.1) is 11.6 Å². The number of rotatable bonds is 16. The van der Waals surface area contributed by atoms with Gasteiger partial charge in [-0.2, -0.15) is 0 Å². The number of likely N-dealkylation sites (tertiary alicyclic amines) is 1. The molecule has 3 aliphatic heterocycles. The summed E-state index contributed by atoms with van der Waals surface area (Å²) in [5, 5.41) is 15.2. The predicted molar refractivity (Wildman–Crippen MR) is 238 cm³/mol. The number of alkyl halides is 1. The number of nitrogens with zero attached hydrogens (tertiary/aromatic N) is 5. The van der Waals surface area contributed by atoms with Crippen LogP contribution >= 0.6 is 11.6 Å². The lowest BCUT2D eigenvalue weighted by molar-refractivity contribution is -0.384. The smallest absolute Gasteiger partial charge is 0.293 e. The van der Waals surface area contributed by atoms with E-state index >= 15 is 0 Å². The van der Waals surface area contributed by atoms with E-state index in [2.05, 4.69) is 43.2 Å². The van der Waals surface area contributed by atoms with E-state index in [1.165, 1.54) is 55.1 Å². The highest BCUT2D eigenvalue weighted by Gasteiger charge is 2.31. The number of sulfonamides is 1. The second-order valence-corrected chi connectivity index (χ2v) is 20.5. The number of nitro benzene ring substituents is 1. The van der Waals surface area contributed by atoms with Crippen LogP contribution in [0.5, 0.6) is 11.5 Å². The zero-order valence-electron chi connectivity index (χ0n) is 34.8. The van der Waals surface area contributed by atoms with E-state index in [0.29, 0.717) is 38.1 Å². The summed E-state index contributed by atoms with van der Waals surface area (Å²) >= 11 is 6.32. The molecule has 0 spiro atoms. The zero-order valence-corrected chi connectivity index (χ0v) is 37.2. The second kappa shape index (κ2) is 20.3. The number of morpholine rings is 1. The Bertz CT molecular complexity index is 2390. The molecule has 1 aromatic heterocycles. The third-order valence-electron chi connectivity index (χ3n) is 11.9. The van der Waals surface area contributed by atoms with Crippen LogP contribution in [0.15, 0.2) is 88.5 Å². The molecule has 19 heteroatoms. The van der Waals surface area contributed by atoms with Crippen LogP contribution < -0.4 is 19.7 Å². The normalized spacial score (nSPS) is 20.7. The first-order valence-electron chi connectivity index (χ1n) is 21.1. The fraction of sp³-hybridized carbons (Fsp3) is 0.488. The largest absolute Gasteiger partial charge is 0.455 e. The van der Waals surface area contributed by atoms with Crippen LogP contribution in [0, 0.1) is 16.0 Å². The number of piperidine rings is 2. The number of allylic oxidation sites excluding steroid dienone is 2. The molecule has 16 nitrogen and oxygen atoms in total. The van der Waals surface area contributed by atoms with Crippen LogP contribution in [0.25, 0.3) is 0 Å². The molecule has 0 radical (unpaired) electrons. The van der Waals surface area contributed by atoms with Gasteiger partial charge in [-0.25, -0.2) is 21.6 Å². The lowest BCUT2D eigenvalue weighted by Crippen LogP contribution is -2.45. The molecular formula is C43H54ClN7O9S2. The number of amides is 1. The van der Waals surface area contributed by atoms with Gasteiger partial charge in [-0.1, -0.05) is 24.6 Å². The number of sulfone groups is 1. The minimum absolute atomic E-state index is 0.0185. The van der Waals surface area contributed by atoms with Crippen LogP contribution in [0.4, 0.5) is 17.1 Å². The number of carbonyl (C=O) groups is 1. The summed E-state index contributed by atoms with van der Waals surface area (Å²) in [5.41, 5.74) is 1.63. The molecule has 2 aromatic carbocycles. The van der Waals surface area contributed by atoms with Gasteiger partial charge in [0.05, 0.1) is 45.1 Å². The first kappa shape index (κ1) is 45.4. The van der Waals surface area contributed by atoms with Gasteiger partial charge in [-0.3, -0.25) is 29.7 Å². The Kier molecular flexibility index (Phi) is 14.9. The maximum atomic E-state index is 13.9. The molecule has 4 heterocycles. The molecule has 62 heavy (non-hydrogen) atoms. The quantitative estimate of drug-likeness (QED) is 0.0735. The minimum atomic E-state index is -4.62. The number of nitro groups is 1. The Morgan fingerprint density at radius 2 is 1.77 bits per heavy atom. The van der Waals surface area contributed by atoms with E-state index in [4.69, 9.17) is 21.1 Å². The number of anilines is 2. The van der Waals surface area contributed by atoms with Crippen molar-refractivity contribution in [3.63, 3.8) is 0 Å². The molecule has 1 aliphatic carbocycles. The van der Waals surface area contributed by atoms with Gasteiger partial charge in [0, 0.05) is 81.6 Å². The fourth-order valence-electron chi connectivity index (χ4n) is 8.48. The summed E-state index contributed by atoms with van der Waals surface area (Å²) in [4.78, 5) is 35.7. The number of hydrogen-bond acceptors (Lipinski definition) is 14. The fourth-order valence-corrected chi connectivity index (χ4v) is 10.2. The molecule has 334 valence electrons. The lowest BCUT2D eigenvalue weighted by atomic mass is 9.89. The van der Waals surface area contributed by atoms with Gasteiger partial charge >= 0.3 is 0 Å². The highest BCUT2D eigenvalue weighted by molar-refractivity contribution is 7.90. The molecule has 0 saturated carbocycles. The van der Waals surface area contributed by atoms with Crippen molar-refractivity contribution in [2.75, 3.05) is 82.0 Å². The van der Waals surface area contributed by atoms with Gasteiger partial charge in [0.15, 0.2) is 9.84 Å². The van der Waals surface area contributed by atoms with Crippen LogP contribution in [-0.2, 0) is 24.6 Å². The molecule has 2 atom stereocenters. The first-order valence-corrected chi connectivity index (χ1v) is 24.9. The monoisotopic (exact) mass is 911 g/mol. The lowest BCUT2D eigenvalue weighted by Gasteiger charge is -2.41. The maximum Gasteiger partial charge on any atom is 0.293 e. The summed E-state index contributed by atoms with van der Waals surface area (Å²) in [7, 11) is -8.28. The third-order valence-corrected chi connectivity index (χ3v) is 14.6. The number of nitrogens with one attached hydrogen (secondary N) is 2. The molecule has 0 bridgehead atoms. The van der Waals surface area contributed by atoms with Crippen molar-refractivity contribution in [1.82, 2.24) is 19.5 Å². The van der Waals surface area contributed by atoms with Crippen LogP contribution in [-0.4, -0.2) is 126 Å². The maximum absolute atomic E-state index is 13.9. The summed E-state index contributed by atoms with van der Waals surface area (Å²) in [6.07, 6.45) is 17.0. The molecule has 7 rings (SSSR count). The van der Waals surface area contributed by atoms with Crippen molar-refractivity contribution in [3.8, 4) is 11.5 Å². The third kappa shape index (κ3) is 11.7. The Balaban J connectivity index is 1.06. The molecule has 3 fully saturated rings. The Morgan fingerprint density at radius 3 is 2.50 bits per heavy atom. The number of halogens is 1. The van der Waals surface area contributed by atoms with E-state index < -0.39 is 41.3 Å². The van der Waals surface area contributed by atoms with Crippen molar-refractivity contribution in [2.45, 2.75) is 66.2 Å². The number of benzene rings is 2. The van der Waals surface area contributed by atoms with Crippen molar-refractivity contribution < 1.29 is 36.0 Å². The van der Waals surface area contributed by atoms with Gasteiger partial charge in [-0.05, 0) is 87.4 Å². The number of carbonyl (C=O) groups excluding carboxylic acids is 1. The molecular weight excluding hydrogens is 858 g/mol. The predicted octanol–water partition coefficient (Wildman–Crippen LogP) is 6.00. The van der Waals surface area contributed by atoms with Gasteiger partial charge in [0.2, 0.25) is 0 Å². The highest BCUT2D eigenvalue weighted by atomic mass is 35.5. The van der Waals surface area contributed by atoms with Crippen molar-refractivity contribution in [1.29, 1.82) is 0 Å². The van der Waals surface area contributed by atoms with Gasteiger partial charge in [0.1, 0.15) is 17.2 Å². The SMILES string of the molecule is CS(=O)(=O)c1cncc(Oc2cc(N3CCC(CN4CCCC[C@H]4C4=CCC(Cl)C=C4)CC3)ccc2C(=O)NS(=O)(=O)c2ccc(NCCCN3CCOCC3)c([N+](=O)[O-])c2)c1. The van der Waals surface area contributed by atoms with Crippen LogP contribution in [0.1, 0.15) is 55.3 Å². The minimum Gasteiger partial charge on any atom is -0.455 e. The van der Waals surface area contributed by atoms with Crippen molar-refractivity contribution in [2.24, 2.45) is 5.92 Å². The number of aromatic nitrogens is 1. The topological polar surface area (TPSA) is 194 Å². The molecule has 1 amide bonds. The Morgan fingerprint density at radius 1 is 0.984 bits per heavy atom. The summed E-state index contributed by atoms with van der Waals surface area (Å²) < 4.78 is 65.5. The number of pyridine rings is 1. The summed E-state index contributed by atoms with van der Waals surface area (Å²) in [6.45, 7) is 7.69. The first-order chi connectivity index (χ1) is 29.7. The van der Waals surface area contributed by atoms with Crippen molar-refractivity contribution in [3.05, 3.63) is 94.3 Å². The average Bonchev–Trinajstić information content (AvgIpc) is 3.26. The van der Waals surface area contributed by atoms with E-state index in [-0.39, 0.29) is 33.0 Å². The van der Waals surface area contributed by atoms with Gasteiger partial charge in [0.25, 0.3) is 21.6 Å². The Hall–Kier alpha value is -4.59. The average molecular weight is 913 g/mol. The molecule has 3 aromatic rings. The molecule has 3 saturated heterocycles. The Labute approximate surface area is 368 Å². The second-order valence-electron chi connectivity index (χ2n) is 16.3. The van der Waals surface area contributed by atoms with E-state index in [9.17, 15) is 31.7 Å². The standard InChI is InChI=1S/C43H54ClN7O9S2/c1-61(55,56)37-26-35(28-45-29-37)60-42-25-34(49-19-14-31(15-20-49)30-50-18-3-2-5-40(50)32-6-8-33(44)9-7-32)10-12-38(42)43(52)47-62(57,58)36-11-13-39(41(27-36)51(53)54)46-16-4-17-48-21-23-59-24-22-48/h6-8,10-13,25-29,31,33,40,46H,2-5,9,14-24,30H2,1H3,(H,47,52)/t33?,40-/m0/s1. The van der Waals surface area contributed by atoms with E-state index in [1.807, 2.05) is 4.72 Å². The summed E-state index contributed by atoms with van der Waals surface area (Å²) in [5.74, 6) is -0.579. The zero-order chi connectivity index (χ0) is 43.9.